The van der Waals surface area contributed by atoms with E-state index < -0.39 is 12.2 Å². The van der Waals surface area contributed by atoms with Crippen molar-refractivity contribution in [1.82, 2.24) is 29.4 Å². The Morgan fingerprint density at radius 2 is 0.750 bits per heavy atom. The van der Waals surface area contributed by atoms with Crippen LogP contribution in [0.1, 0.15) is 40.0 Å². The van der Waals surface area contributed by atoms with Gasteiger partial charge in [-0.2, -0.15) is 0 Å². The lowest BCUT2D eigenvalue weighted by atomic mass is 10.4. The average Bonchev–Trinajstić information content (AvgIpc) is 3.01. The molecule has 17 nitrogen and oxygen atoms in total. The monoisotopic (exact) mass is 640 g/mol. The summed E-state index contributed by atoms with van der Waals surface area (Å²) in [5, 5.41) is 0. The van der Waals surface area contributed by atoms with Crippen molar-refractivity contribution in [3.63, 3.8) is 0 Å². The summed E-state index contributed by atoms with van der Waals surface area (Å²) in [6.07, 6.45) is 0.239. The number of rotatable bonds is 17. The van der Waals surface area contributed by atoms with Crippen LogP contribution in [0.25, 0.3) is 0 Å². The highest BCUT2D eigenvalue weighted by atomic mass is 16.6. The molecule has 0 heterocycles. The fourth-order valence-electron chi connectivity index (χ4n) is 2.63. The third-order valence-corrected chi connectivity index (χ3v) is 5.16. The van der Waals surface area contributed by atoms with Crippen LogP contribution in [0.15, 0.2) is 0 Å². The van der Waals surface area contributed by atoms with Crippen molar-refractivity contribution < 1.29 is 52.4 Å². The Kier molecular flexibility index (Phi) is 29.3. The van der Waals surface area contributed by atoms with E-state index in [1.54, 1.807) is 73.1 Å². The molecule has 44 heavy (non-hydrogen) atoms. The number of hydrogen-bond acceptors (Lipinski definition) is 12. The molecule has 5 amide bonds. The van der Waals surface area contributed by atoms with Gasteiger partial charge in [0, 0.05) is 75.8 Å². The molecule has 0 aliphatic rings. The first-order valence-electron chi connectivity index (χ1n) is 13.9. The number of hydrogen-bond donors (Lipinski definition) is 0. The van der Waals surface area contributed by atoms with Crippen LogP contribution in [0.4, 0.5) is 9.59 Å². The third-order valence-electron chi connectivity index (χ3n) is 5.16. The van der Waals surface area contributed by atoms with Crippen LogP contribution in [0, 0.1) is 0 Å². The fourth-order valence-corrected chi connectivity index (χ4v) is 2.63. The molecular formula is C27H56N6O11. The zero-order valence-corrected chi connectivity index (χ0v) is 28.7. The Labute approximate surface area is 262 Å². The van der Waals surface area contributed by atoms with Gasteiger partial charge in [0.1, 0.15) is 33.7 Å². The maximum atomic E-state index is 11.6. The van der Waals surface area contributed by atoms with Crippen molar-refractivity contribution in [3.8, 4) is 0 Å². The summed E-state index contributed by atoms with van der Waals surface area (Å²) in [4.78, 5) is 64.6. The van der Waals surface area contributed by atoms with Gasteiger partial charge in [0.15, 0.2) is 13.5 Å². The van der Waals surface area contributed by atoms with E-state index in [9.17, 15) is 24.0 Å². The lowest BCUT2D eigenvalue weighted by Crippen LogP contribution is -2.36. The fraction of sp³-hybridized carbons (Fsp3) is 0.815. The maximum absolute atomic E-state index is 11.6. The number of ether oxygens (including phenoxy) is 6. The molecule has 0 atom stereocenters. The molecule has 260 valence electrons. The summed E-state index contributed by atoms with van der Waals surface area (Å²) in [6.45, 7) is 6.62. The Balaban J connectivity index is -0.000000616. The number of carbonyl (C=O) groups excluding carboxylic acids is 5. The zero-order chi connectivity index (χ0) is 34.7. The molecule has 0 unspecified atom stereocenters. The van der Waals surface area contributed by atoms with Crippen molar-refractivity contribution in [1.29, 1.82) is 0 Å². The molecule has 0 aromatic heterocycles. The van der Waals surface area contributed by atoms with Crippen molar-refractivity contribution >= 4 is 29.9 Å². The first kappa shape index (κ1) is 45.2. The van der Waals surface area contributed by atoms with E-state index in [0.717, 1.165) is 0 Å². The topological polar surface area (TPSA) is 160 Å². The van der Waals surface area contributed by atoms with E-state index >= 15 is 0 Å². The first-order chi connectivity index (χ1) is 20.7. The van der Waals surface area contributed by atoms with Crippen molar-refractivity contribution in [2.75, 3.05) is 111 Å². The van der Waals surface area contributed by atoms with E-state index in [2.05, 4.69) is 0 Å². The molecule has 0 spiro atoms. The van der Waals surface area contributed by atoms with Crippen LogP contribution >= 0.6 is 0 Å². The summed E-state index contributed by atoms with van der Waals surface area (Å²) in [5.41, 5.74) is 0. The van der Waals surface area contributed by atoms with Crippen LogP contribution in [-0.4, -0.2) is 170 Å². The first-order valence-corrected chi connectivity index (χ1v) is 13.9. The Hall–Kier alpha value is -3.25. The normalized spacial score (nSPS) is 9.93. The van der Waals surface area contributed by atoms with Crippen molar-refractivity contribution in [2.45, 2.75) is 40.0 Å². The summed E-state index contributed by atoms with van der Waals surface area (Å²) < 4.78 is 29.5. The summed E-state index contributed by atoms with van der Waals surface area (Å²) in [5.74, 6) is -0.0491. The van der Waals surface area contributed by atoms with Gasteiger partial charge in [-0.1, -0.05) is 20.8 Å². The van der Waals surface area contributed by atoms with Gasteiger partial charge in [-0.25, -0.2) is 9.59 Å². The van der Waals surface area contributed by atoms with Gasteiger partial charge in [0.2, 0.25) is 17.7 Å². The molecule has 0 saturated carbocycles. The average molecular weight is 641 g/mol. The predicted molar refractivity (Wildman–Crippen MR) is 162 cm³/mol. The molecule has 0 rings (SSSR count). The standard InChI is InChI=1S/C12H25N3O5.C9H18N2O4.C6H13NO2/c1-6-11(16)14(3)10-20-12(17)15(4)9-19-8-13(2)7-18-5;1-5-8(12)10(2)7-15-9(13)11(3)6-14-4;1-4-6(8)7(2)5-9-3/h6-10H2,1-5H3;5-7H2,1-4H3;4-5H2,1-3H3. The van der Waals surface area contributed by atoms with Crippen molar-refractivity contribution in [3.05, 3.63) is 0 Å². The molecular weight excluding hydrogens is 584 g/mol. The lowest BCUT2D eigenvalue weighted by molar-refractivity contribution is -0.134. The highest BCUT2D eigenvalue weighted by molar-refractivity contribution is 5.76. The smallest absolute Gasteiger partial charge is 0.413 e. The van der Waals surface area contributed by atoms with E-state index in [1.165, 1.54) is 26.7 Å². The molecule has 0 saturated heterocycles. The molecule has 0 radical (unpaired) electrons. The SMILES string of the molecule is CCC(=O)N(C)COC.CCC(=O)N(C)COC(=O)N(C)COC.CCC(=O)N(C)COC(=O)N(C)COCN(C)COC. The van der Waals surface area contributed by atoms with Crippen LogP contribution < -0.4 is 0 Å². The molecule has 0 aromatic rings. The van der Waals surface area contributed by atoms with Crippen molar-refractivity contribution in [2.24, 2.45) is 0 Å². The van der Waals surface area contributed by atoms with Gasteiger partial charge in [-0.15, -0.1) is 0 Å². The minimum absolute atomic E-state index is 0.0421. The van der Waals surface area contributed by atoms with Crippen LogP contribution in [0.2, 0.25) is 0 Å². The number of amides is 5. The maximum Gasteiger partial charge on any atom is 0.413 e. The van der Waals surface area contributed by atoms with E-state index in [-0.39, 0.29) is 44.6 Å². The summed E-state index contributed by atoms with van der Waals surface area (Å²) >= 11 is 0. The second-order valence-corrected chi connectivity index (χ2v) is 9.38. The quantitative estimate of drug-likeness (QED) is 0.210. The molecule has 0 bridgehead atoms. The molecule has 0 N–H and O–H groups in total. The van der Waals surface area contributed by atoms with Gasteiger partial charge < -0.3 is 43.1 Å². The minimum atomic E-state index is -0.546. The third kappa shape index (κ3) is 24.2. The molecule has 0 aliphatic heterocycles. The second kappa shape index (κ2) is 28.5. The Morgan fingerprint density at radius 3 is 1.09 bits per heavy atom. The number of nitrogens with zero attached hydrogens (tertiary/aromatic N) is 6. The number of carbonyl (C=O) groups is 5. The van der Waals surface area contributed by atoms with Crippen LogP contribution in [0.5, 0.6) is 0 Å². The Morgan fingerprint density at radius 1 is 0.432 bits per heavy atom. The molecule has 0 aromatic carbocycles. The van der Waals surface area contributed by atoms with E-state index in [4.69, 9.17) is 28.4 Å². The number of methoxy groups -OCH3 is 3. The van der Waals surface area contributed by atoms with Gasteiger partial charge >= 0.3 is 12.2 Å². The van der Waals surface area contributed by atoms with Gasteiger partial charge in [0.05, 0.1) is 0 Å². The zero-order valence-electron chi connectivity index (χ0n) is 28.7. The highest BCUT2D eigenvalue weighted by Crippen LogP contribution is 1.97. The highest BCUT2D eigenvalue weighted by Gasteiger charge is 2.14. The summed E-state index contributed by atoms with van der Waals surface area (Å²) in [6, 6.07) is 0. The molecule has 0 aliphatic carbocycles. The lowest BCUT2D eigenvalue weighted by Gasteiger charge is -2.22. The van der Waals surface area contributed by atoms with Gasteiger partial charge in [-0.3, -0.25) is 29.1 Å². The second-order valence-electron chi connectivity index (χ2n) is 9.38. The van der Waals surface area contributed by atoms with Gasteiger partial charge in [0.25, 0.3) is 0 Å². The predicted octanol–water partition coefficient (Wildman–Crippen LogP) is 1.29. The molecule has 0 fully saturated rings. The Bertz CT molecular complexity index is 806. The van der Waals surface area contributed by atoms with Crippen LogP contribution in [0.3, 0.4) is 0 Å². The largest absolute Gasteiger partial charge is 0.428 e. The molecule has 17 heteroatoms. The van der Waals surface area contributed by atoms with E-state index in [0.29, 0.717) is 39.5 Å². The van der Waals surface area contributed by atoms with E-state index in [1.807, 2.05) is 14.0 Å². The van der Waals surface area contributed by atoms with Gasteiger partial charge in [-0.05, 0) is 7.05 Å². The minimum Gasteiger partial charge on any atom is -0.428 e. The summed E-state index contributed by atoms with van der Waals surface area (Å²) in [7, 11) is 14.4. The van der Waals surface area contributed by atoms with Crippen LogP contribution in [-0.2, 0) is 42.8 Å².